The van der Waals surface area contributed by atoms with Gasteiger partial charge in [-0.25, -0.2) is 0 Å². The third kappa shape index (κ3) is 5.96. The second kappa shape index (κ2) is 7.64. The summed E-state index contributed by atoms with van der Waals surface area (Å²) in [5.41, 5.74) is 1.40. The molecule has 0 heterocycles. The van der Waals surface area contributed by atoms with E-state index in [1.165, 1.54) is 25.0 Å². The van der Waals surface area contributed by atoms with Crippen molar-refractivity contribution in [3.05, 3.63) is 11.8 Å². The lowest BCUT2D eigenvalue weighted by atomic mass is 10.2. The van der Waals surface area contributed by atoms with Crippen molar-refractivity contribution in [2.75, 3.05) is 6.54 Å². The first-order valence-electron chi connectivity index (χ1n) is 4.78. The molecule has 0 atom stereocenters. The van der Waals surface area contributed by atoms with E-state index in [0.29, 0.717) is 0 Å². The topological polar surface area (TPSA) is 12.0 Å². The molecule has 0 aromatic heterocycles. The first kappa shape index (κ1) is 10.5. The minimum absolute atomic E-state index is 1.05. The molecule has 1 heteroatoms. The average Bonchev–Trinajstić information content (AvgIpc) is 2.03. The molecule has 0 spiro atoms. The molecule has 0 amide bonds. The van der Waals surface area contributed by atoms with Crippen LogP contribution in [0.4, 0.5) is 0 Å². The summed E-state index contributed by atoms with van der Waals surface area (Å²) >= 11 is 0. The quantitative estimate of drug-likeness (QED) is 0.581. The fraction of sp³-hybridized carbons (Fsp3) is 0.800. The van der Waals surface area contributed by atoms with Crippen molar-refractivity contribution in [2.45, 2.75) is 46.5 Å². The zero-order valence-electron chi connectivity index (χ0n) is 8.11. The van der Waals surface area contributed by atoms with Crippen LogP contribution in [0.25, 0.3) is 0 Å². The van der Waals surface area contributed by atoms with Gasteiger partial charge in [0.2, 0.25) is 0 Å². The van der Waals surface area contributed by atoms with E-state index in [9.17, 15) is 0 Å². The molecule has 0 fully saturated rings. The lowest BCUT2D eigenvalue weighted by molar-refractivity contribution is 0.766. The zero-order valence-corrected chi connectivity index (χ0v) is 8.11. The van der Waals surface area contributed by atoms with E-state index in [1.807, 2.05) is 0 Å². The van der Waals surface area contributed by atoms with Crippen molar-refractivity contribution >= 4 is 0 Å². The Balaban J connectivity index is 3.52. The second-order valence-electron chi connectivity index (χ2n) is 2.76. The number of nitrogens with one attached hydrogen (secondary N) is 1. The largest absolute Gasteiger partial charge is 0.389 e. The summed E-state index contributed by atoms with van der Waals surface area (Å²) in [7, 11) is 0. The SMILES string of the molecule is CCCC/C=C(/CC)NCC. The minimum atomic E-state index is 1.05. The summed E-state index contributed by atoms with van der Waals surface area (Å²) in [5.74, 6) is 0. The van der Waals surface area contributed by atoms with Crippen molar-refractivity contribution < 1.29 is 0 Å². The maximum absolute atomic E-state index is 3.35. The monoisotopic (exact) mass is 155 g/mol. The molecular weight excluding hydrogens is 134 g/mol. The van der Waals surface area contributed by atoms with E-state index < -0.39 is 0 Å². The van der Waals surface area contributed by atoms with Gasteiger partial charge in [0.25, 0.3) is 0 Å². The van der Waals surface area contributed by atoms with Gasteiger partial charge in [-0.3, -0.25) is 0 Å². The summed E-state index contributed by atoms with van der Waals surface area (Å²) in [5, 5.41) is 3.35. The van der Waals surface area contributed by atoms with Gasteiger partial charge in [0, 0.05) is 12.2 Å². The van der Waals surface area contributed by atoms with Crippen LogP contribution in [-0.4, -0.2) is 6.54 Å². The first-order chi connectivity index (χ1) is 5.35. The molecule has 0 aliphatic heterocycles. The van der Waals surface area contributed by atoms with Gasteiger partial charge in [0.1, 0.15) is 0 Å². The van der Waals surface area contributed by atoms with E-state index >= 15 is 0 Å². The van der Waals surface area contributed by atoms with Crippen LogP contribution in [-0.2, 0) is 0 Å². The fourth-order valence-corrected chi connectivity index (χ4v) is 1.05. The average molecular weight is 155 g/mol. The molecule has 0 unspecified atom stereocenters. The van der Waals surface area contributed by atoms with E-state index in [0.717, 1.165) is 13.0 Å². The molecule has 0 saturated heterocycles. The number of hydrogen-bond donors (Lipinski definition) is 1. The van der Waals surface area contributed by atoms with Gasteiger partial charge in [-0.05, 0) is 19.8 Å². The van der Waals surface area contributed by atoms with Crippen molar-refractivity contribution in [2.24, 2.45) is 0 Å². The number of allylic oxidation sites excluding steroid dienone is 2. The number of rotatable bonds is 6. The number of unbranched alkanes of at least 4 members (excludes halogenated alkanes) is 2. The molecule has 0 rings (SSSR count). The molecule has 1 N–H and O–H groups in total. The summed E-state index contributed by atoms with van der Waals surface area (Å²) in [6, 6.07) is 0. The highest BCUT2D eigenvalue weighted by atomic mass is 14.9. The van der Waals surface area contributed by atoms with Crippen LogP contribution in [0.3, 0.4) is 0 Å². The Labute approximate surface area is 70.9 Å². The molecule has 0 saturated carbocycles. The Morgan fingerprint density at radius 2 is 2.00 bits per heavy atom. The summed E-state index contributed by atoms with van der Waals surface area (Å²) in [6.07, 6.45) is 7.30. The van der Waals surface area contributed by atoms with Crippen LogP contribution >= 0.6 is 0 Å². The Morgan fingerprint density at radius 3 is 2.45 bits per heavy atom. The maximum Gasteiger partial charge on any atom is 0.0115 e. The van der Waals surface area contributed by atoms with Gasteiger partial charge in [0.05, 0.1) is 0 Å². The minimum Gasteiger partial charge on any atom is -0.389 e. The third-order valence-electron chi connectivity index (χ3n) is 1.73. The van der Waals surface area contributed by atoms with Crippen LogP contribution in [0.15, 0.2) is 11.8 Å². The van der Waals surface area contributed by atoms with Crippen molar-refractivity contribution in [1.29, 1.82) is 0 Å². The van der Waals surface area contributed by atoms with E-state index in [-0.39, 0.29) is 0 Å². The number of hydrogen-bond acceptors (Lipinski definition) is 1. The molecule has 0 aliphatic carbocycles. The van der Waals surface area contributed by atoms with E-state index in [4.69, 9.17) is 0 Å². The zero-order chi connectivity index (χ0) is 8.53. The molecule has 66 valence electrons. The molecule has 1 nitrogen and oxygen atoms in total. The highest BCUT2D eigenvalue weighted by molar-refractivity contribution is 4.97. The standard InChI is InChI=1S/C10H21N/c1-4-7-8-9-10(5-2)11-6-3/h9,11H,4-8H2,1-3H3/b10-9-. The van der Waals surface area contributed by atoms with Gasteiger partial charge in [0.15, 0.2) is 0 Å². The molecule has 0 radical (unpaired) electrons. The predicted octanol–water partition coefficient (Wildman–Crippen LogP) is 3.08. The Bertz CT molecular complexity index is 105. The van der Waals surface area contributed by atoms with Crippen molar-refractivity contribution in [1.82, 2.24) is 5.32 Å². The van der Waals surface area contributed by atoms with Crippen LogP contribution in [0.5, 0.6) is 0 Å². The summed E-state index contributed by atoms with van der Waals surface area (Å²) in [6.45, 7) is 7.61. The molecular formula is C10H21N. The van der Waals surface area contributed by atoms with Crippen LogP contribution in [0.2, 0.25) is 0 Å². The predicted molar refractivity (Wildman–Crippen MR) is 51.6 cm³/mol. The molecule has 0 aromatic carbocycles. The van der Waals surface area contributed by atoms with E-state index in [1.54, 1.807) is 0 Å². The fourth-order valence-electron chi connectivity index (χ4n) is 1.05. The first-order valence-corrected chi connectivity index (χ1v) is 4.78. The normalized spacial score (nSPS) is 11.7. The van der Waals surface area contributed by atoms with Gasteiger partial charge in [-0.15, -0.1) is 0 Å². The van der Waals surface area contributed by atoms with Gasteiger partial charge in [-0.2, -0.15) is 0 Å². The van der Waals surface area contributed by atoms with Gasteiger partial charge >= 0.3 is 0 Å². The Morgan fingerprint density at radius 1 is 1.27 bits per heavy atom. The van der Waals surface area contributed by atoms with E-state index in [2.05, 4.69) is 32.2 Å². The lowest BCUT2D eigenvalue weighted by Crippen LogP contribution is -2.11. The van der Waals surface area contributed by atoms with Crippen molar-refractivity contribution in [3.63, 3.8) is 0 Å². The second-order valence-corrected chi connectivity index (χ2v) is 2.76. The molecule has 11 heavy (non-hydrogen) atoms. The molecule has 0 bridgehead atoms. The maximum atomic E-state index is 3.35. The van der Waals surface area contributed by atoms with Crippen molar-refractivity contribution in [3.8, 4) is 0 Å². The van der Waals surface area contributed by atoms with Gasteiger partial charge < -0.3 is 5.32 Å². The Hall–Kier alpha value is -0.460. The van der Waals surface area contributed by atoms with Gasteiger partial charge in [-0.1, -0.05) is 32.8 Å². The Kier molecular flexibility index (Phi) is 7.33. The highest BCUT2D eigenvalue weighted by Gasteiger charge is 1.88. The van der Waals surface area contributed by atoms with Crippen LogP contribution in [0.1, 0.15) is 46.5 Å². The smallest absolute Gasteiger partial charge is 0.0115 e. The summed E-state index contributed by atoms with van der Waals surface area (Å²) < 4.78 is 0. The molecule has 0 aromatic rings. The lowest BCUT2D eigenvalue weighted by Gasteiger charge is -2.05. The third-order valence-corrected chi connectivity index (χ3v) is 1.73. The highest BCUT2D eigenvalue weighted by Crippen LogP contribution is 2.01. The molecule has 0 aliphatic rings. The van der Waals surface area contributed by atoms with Crippen LogP contribution in [0, 0.1) is 0 Å². The summed E-state index contributed by atoms with van der Waals surface area (Å²) in [4.78, 5) is 0. The van der Waals surface area contributed by atoms with Crippen LogP contribution < -0.4 is 5.32 Å².